The molecule has 0 spiro atoms. The molecule has 282 valence electrons. The lowest BCUT2D eigenvalue weighted by atomic mass is 9.91. The van der Waals surface area contributed by atoms with Gasteiger partial charge in [-0.05, 0) is 52.8 Å². The number of methoxy groups -OCH3 is 1. The normalized spacial score (nSPS) is 20.3. The van der Waals surface area contributed by atoms with Crippen molar-refractivity contribution in [1.82, 2.24) is 0 Å². The molecule has 1 saturated heterocycles. The standard InChI is InChI=1S/C46H50O8/c1-48-40-24-22-39(23-25-40)30-50-41(28-47)26-27-42-44(51-31-36-16-8-3-9-17-36)46(53-33-38-20-12-5-13-21-38)45(52-32-37-18-10-4-11-19-37)43(54-42)34-49-29-35-14-6-2-7-15-35/h2-25,28,41-46H,26-27,29-34H2,1H3/t41-,42+,43-,44+,45+,46-/m1/s1. The highest BCUT2D eigenvalue weighted by Crippen LogP contribution is 2.33. The maximum Gasteiger partial charge on any atom is 0.148 e. The molecule has 1 aliphatic rings. The molecule has 0 bridgehead atoms. The number of rotatable bonds is 21. The second kappa shape index (κ2) is 21.3. The zero-order chi connectivity index (χ0) is 37.2. The van der Waals surface area contributed by atoms with Gasteiger partial charge in [0.1, 0.15) is 42.6 Å². The van der Waals surface area contributed by atoms with Crippen LogP contribution >= 0.6 is 0 Å². The zero-order valence-corrected chi connectivity index (χ0v) is 30.8. The zero-order valence-electron chi connectivity index (χ0n) is 30.8. The molecular weight excluding hydrogens is 680 g/mol. The molecule has 0 radical (unpaired) electrons. The summed E-state index contributed by atoms with van der Waals surface area (Å²) in [4.78, 5) is 12.3. The number of hydrogen-bond acceptors (Lipinski definition) is 8. The van der Waals surface area contributed by atoms with E-state index in [1.807, 2.05) is 146 Å². The third kappa shape index (κ3) is 11.9. The van der Waals surface area contributed by atoms with Crippen LogP contribution in [0.3, 0.4) is 0 Å². The fraction of sp³-hybridized carbons (Fsp3) is 0.326. The fourth-order valence-electron chi connectivity index (χ4n) is 6.56. The van der Waals surface area contributed by atoms with E-state index in [-0.39, 0.29) is 6.61 Å². The summed E-state index contributed by atoms with van der Waals surface area (Å²) < 4.78 is 45.1. The lowest BCUT2D eigenvalue weighted by Crippen LogP contribution is -2.61. The summed E-state index contributed by atoms with van der Waals surface area (Å²) in [6.07, 6.45) is -1.42. The summed E-state index contributed by atoms with van der Waals surface area (Å²) in [7, 11) is 1.63. The Labute approximate surface area is 318 Å². The monoisotopic (exact) mass is 730 g/mol. The van der Waals surface area contributed by atoms with E-state index in [0.717, 1.165) is 39.9 Å². The Morgan fingerprint density at radius 1 is 0.537 bits per heavy atom. The van der Waals surface area contributed by atoms with Crippen LogP contribution in [0.25, 0.3) is 0 Å². The van der Waals surface area contributed by atoms with E-state index in [1.165, 1.54) is 0 Å². The van der Waals surface area contributed by atoms with Crippen molar-refractivity contribution in [2.75, 3.05) is 13.7 Å². The van der Waals surface area contributed by atoms with Crippen LogP contribution in [0.2, 0.25) is 0 Å². The molecule has 0 saturated carbocycles. The lowest BCUT2D eigenvalue weighted by molar-refractivity contribution is -0.274. The molecule has 8 heteroatoms. The van der Waals surface area contributed by atoms with Crippen molar-refractivity contribution in [2.45, 2.75) is 82.5 Å². The van der Waals surface area contributed by atoms with Crippen molar-refractivity contribution in [1.29, 1.82) is 0 Å². The number of ether oxygens (including phenoxy) is 7. The summed E-state index contributed by atoms with van der Waals surface area (Å²) >= 11 is 0. The van der Waals surface area contributed by atoms with E-state index in [0.29, 0.717) is 45.9 Å². The largest absolute Gasteiger partial charge is 0.497 e. The molecule has 5 aromatic carbocycles. The highest BCUT2D eigenvalue weighted by Gasteiger charge is 2.48. The molecule has 0 amide bonds. The highest BCUT2D eigenvalue weighted by atomic mass is 16.6. The minimum atomic E-state index is -0.644. The van der Waals surface area contributed by atoms with Crippen molar-refractivity contribution in [3.8, 4) is 5.75 Å². The average Bonchev–Trinajstić information content (AvgIpc) is 3.23. The van der Waals surface area contributed by atoms with Crippen LogP contribution in [-0.4, -0.2) is 56.6 Å². The van der Waals surface area contributed by atoms with Gasteiger partial charge in [-0.3, -0.25) is 0 Å². The third-order valence-electron chi connectivity index (χ3n) is 9.49. The van der Waals surface area contributed by atoms with Gasteiger partial charge in [0, 0.05) is 0 Å². The number of carbonyl (C=O) groups excluding carboxylic acids is 1. The van der Waals surface area contributed by atoms with Gasteiger partial charge in [0.15, 0.2) is 0 Å². The first-order chi connectivity index (χ1) is 26.7. The molecule has 1 fully saturated rings. The van der Waals surface area contributed by atoms with E-state index in [1.54, 1.807) is 7.11 Å². The predicted octanol–water partition coefficient (Wildman–Crippen LogP) is 8.30. The number of carbonyl (C=O) groups is 1. The van der Waals surface area contributed by atoms with Crippen molar-refractivity contribution in [2.24, 2.45) is 0 Å². The second-order valence-corrected chi connectivity index (χ2v) is 13.4. The first-order valence-electron chi connectivity index (χ1n) is 18.6. The van der Waals surface area contributed by atoms with Gasteiger partial charge in [0.2, 0.25) is 0 Å². The van der Waals surface area contributed by atoms with Crippen LogP contribution in [0.5, 0.6) is 5.75 Å². The maximum absolute atomic E-state index is 12.3. The first-order valence-corrected chi connectivity index (χ1v) is 18.6. The number of aldehydes is 1. The minimum absolute atomic E-state index is 0.270. The summed E-state index contributed by atoms with van der Waals surface area (Å²) in [5, 5.41) is 0. The molecule has 0 aromatic heterocycles. The third-order valence-corrected chi connectivity index (χ3v) is 9.49. The molecule has 6 atom stereocenters. The van der Waals surface area contributed by atoms with Crippen LogP contribution in [0.4, 0.5) is 0 Å². The van der Waals surface area contributed by atoms with Gasteiger partial charge in [0.05, 0.1) is 52.9 Å². The van der Waals surface area contributed by atoms with Gasteiger partial charge in [-0.1, -0.05) is 133 Å². The maximum atomic E-state index is 12.3. The Hall–Kier alpha value is -4.67. The van der Waals surface area contributed by atoms with E-state index in [9.17, 15) is 4.79 Å². The minimum Gasteiger partial charge on any atom is -0.497 e. The van der Waals surface area contributed by atoms with Crippen molar-refractivity contribution >= 4 is 6.29 Å². The Morgan fingerprint density at radius 3 is 1.46 bits per heavy atom. The van der Waals surface area contributed by atoms with E-state index >= 15 is 0 Å². The van der Waals surface area contributed by atoms with Crippen LogP contribution in [0.1, 0.15) is 40.7 Å². The van der Waals surface area contributed by atoms with E-state index in [2.05, 4.69) is 0 Å². The van der Waals surface area contributed by atoms with Gasteiger partial charge in [-0.2, -0.15) is 0 Å². The van der Waals surface area contributed by atoms with Gasteiger partial charge >= 0.3 is 0 Å². The second-order valence-electron chi connectivity index (χ2n) is 13.4. The Balaban J connectivity index is 1.26. The fourth-order valence-corrected chi connectivity index (χ4v) is 6.56. The molecule has 1 aliphatic heterocycles. The topological polar surface area (TPSA) is 81.7 Å². The highest BCUT2D eigenvalue weighted by molar-refractivity contribution is 5.55. The molecule has 0 aliphatic carbocycles. The number of benzene rings is 5. The van der Waals surface area contributed by atoms with E-state index < -0.39 is 36.6 Å². The van der Waals surface area contributed by atoms with Crippen molar-refractivity contribution in [3.05, 3.63) is 173 Å². The smallest absolute Gasteiger partial charge is 0.148 e. The van der Waals surface area contributed by atoms with Gasteiger partial charge < -0.3 is 38.0 Å². The van der Waals surface area contributed by atoms with Crippen LogP contribution in [0, 0.1) is 0 Å². The average molecular weight is 731 g/mol. The van der Waals surface area contributed by atoms with E-state index in [4.69, 9.17) is 33.2 Å². The van der Waals surface area contributed by atoms with Gasteiger partial charge in [0.25, 0.3) is 0 Å². The van der Waals surface area contributed by atoms with Gasteiger partial charge in [-0.15, -0.1) is 0 Å². The lowest BCUT2D eigenvalue weighted by Gasteiger charge is -2.46. The Kier molecular flexibility index (Phi) is 15.4. The van der Waals surface area contributed by atoms with Gasteiger partial charge in [-0.25, -0.2) is 0 Å². The molecule has 5 aromatic rings. The SMILES string of the molecule is COc1ccc(CO[C@@H](C=O)CC[C@@H]2O[C@H](COCc3ccccc3)[C@H](OCc3ccccc3)[C@H](OCc3ccccc3)[C@H]2OCc2ccccc2)cc1. The summed E-state index contributed by atoms with van der Waals surface area (Å²) in [5.41, 5.74) is 5.12. The first kappa shape index (κ1) is 39.0. The predicted molar refractivity (Wildman–Crippen MR) is 207 cm³/mol. The quantitative estimate of drug-likeness (QED) is 0.0698. The van der Waals surface area contributed by atoms with Crippen molar-refractivity contribution in [3.63, 3.8) is 0 Å². The molecule has 0 N–H and O–H groups in total. The summed E-state index contributed by atoms with van der Waals surface area (Å²) in [5.74, 6) is 0.763. The number of hydrogen-bond donors (Lipinski definition) is 0. The molecule has 8 nitrogen and oxygen atoms in total. The van der Waals surface area contributed by atoms with Crippen LogP contribution in [-0.2, 0) is 66.3 Å². The Bertz CT molecular complexity index is 1760. The molecule has 1 heterocycles. The van der Waals surface area contributed by atoms with Crippen molar-refractivity contribution < 1.29 is 38.0 Å². The molecular formula is C46H50O8. The summed E-state index contributed by atoms with van der Waals surface area (Å²) in [6.45, 7) is 2.05. The van der Waals surface area contributed by atoms with Crippen LogP contribution < -0.4 is 4.74 Å². The molecule has 54 heavy (non-hydrogen) atoms. The Morgan fingerprint density at radius 2 is 0.981 bits per heavy atom. The molecule has 6 rings (SSSR count). The summed E-state index contributed by atoms with van der Waals surface area (Å²) in [6, 6.07) is 47.9. The van der Waals surface area contributed by atoms with Crippen LogP contribution in [0.15, 0.2) is 146 Å². The molecule has 0 unspecified atom stereocenters.